The van der Waals surface area contributed by atoms with Gasteiger partial charge in [0.25, 0.3) is 5.69 Å². The summed E-state index contributed by atoms with van der Waals surface area (Å²) in [5.41, 5.74) is 1.85. The zero-order valence-corrected chi connectivity index (χ0v) is 19.4. The Morgan fingerprint density at radius 2 is 1.78 bits per heavy atom. The lowest BCUT2D eigenvalue weighted by atomic mass is 10.1. The molecule has 0 atom stereocenters. The number of hydrazone groups is 1. The molecule has 1 heterocycles. The van der Waals surface area contributed by atoms with Gasteiger partial charge in [0, 0.05) is 36.9 Å². The van der Waals surface area contributed by atoms with Crippen molar-refractivity contribution < 1.29 is 45.1 Å². The molecule has 0 aromatic heterocycles. The van der Waals surface area contributed by atoms with Gasteiger partial charge in [-0.25, -0.2) is 8.42 Å². The SMILES string of the molecule is CC(=NNc1ccc([N+](=O)[O-])cc1S(=O)(=O)N1CCOCC1)c1ccc(OC(F)F)cc1OC(F)F. The number of nitrogens with zero attached hydrogens (tertiary/aromatic N) is 3. The molecule has 0 amide bonds. The number of sulfonamides is 1. The average molecular weight is 536 g/mol. The van der Waals surface area contributed by atoms with Crippen LogP contribution in [-0.4, -0.2) is 62.9 Å². The van der Waals surface area contributed by atoms with Crippen molar-refractivity contribution in [3.8, 4) is 11.5 Å². The maximum atomic E-state index is 13.2. The average Bonchev–Trinajstić information content (AvgIpc) is 2.82. The zero-order valence-electron chi connectivity index (χ0n) is 18.6. The molecule has 1 saturated heterocycles. The fourth-order valence-corrected chi connectivity index (χ4v) is 4.80. The summed E-state index contributed by atoms with van der Waals surface area (Å²) < 4.78 is 91.9. The number of rotatable bonds is 10. The Hall–Kier alpha value is -3.50. The number of alkyl halides is 4. The molecule has 2 aromatic carbocycles. The van der Waals surface area contributed by atoms with E-state index in [-0.39, 0.29) is 43.3 Å². The topological polar surface area (TPSA) is 133 Å². The first-order valence-electron chi connectivity index (χ1n) is 10.2. The second kappa shape index (κ2) is 11.5. The maximum absolute atomic E-state index is 13.2. The summed E-state index contributed by atoms with van der Waals surface area (Å²) in [4.78, 5) is 10.0. The number of nitro benzene ring substituents is 1. The Morgan fingerprint density at radius 3 is 2.39 bits per heavy atom. The third kappa shape index (κ3) is 6.58. The Morgan fingerprint density at radius 1 is 1.11 bits per heavy atom. The number of hydrogen-bond acceptors (Lipinski definition) is 9. The van der Waals surface area contributed by atoms with Gasteiger partial charge in [-0.15, -0.1) is 0 Å². The van der Waals surface area contributed by atoms with Gasteiger partial charge in [0.05, 0.1) is 29.5 Å². The molecule has 1 aliphatic rings. The monoisotopic (exact) mass is 536 g/mol. The lowest BCUT2D eigenvalue weighted by Gasteiger charge is -2.26. The molecule has 0 aliphatic carbocycles. The molecule has 16 heteroatoms. The fourth-order valence-electron chi connectivity index (χ4n) is 3.23. The molecule has 1 N–H and O–H groups in total. The van der Waals surface area contributed by atoms with E-state index < -0.39 is 50.3 Å². The number of nitrogens with one attached hydrogen (secondary N) is 1. The van der Waals surface area contributed by atoms with E-state index in [0.717, 1.165) is 40.7 Å². The molecular formula is C20H20F4N4O7S. The van der Waals surface area contributed by atoms with Crippen molar-refractivity contribution in [3.05, 3.63) is 52.1 Å². The van der Waals surface area contributed by atoms with Gasteiger partial charge < -0.3 is 14.2 Å². The minimum Gasteiger partial charge on any atom is -0.435 e. The van der Waals surface area contributed by atoms with Crippen molar-refractivity contribution >= 4 is 27.1 Å². The van der Waals surface area contributed by atoms with Crippen LogP contribution in [0.5, 0.6) is 11.5 Å². The molecule has 0 radical (unpaired) electrons. The Kier molecular flexibility index (Phi) is 8.65. The van der Waals surface area contributed by atoms with E-state index in [1.54, 1.807) is 0 Å². The highest BCUT2D eigenvalue weighted by Gasteiger charge is 2.30. The summed E-state index contributed by atoms with van der Waals surface area (Å²) in [5.74, 6) is -0.949. The van der Waals surface area contributed by atoms with Crippen LogP contribution in [0.15, 0.2) is 46.4 Å². The van der Waals surface area contributed by atoms with E-state index in [4.69, 9.17) is 4.74 Å². The molecule has 1 aliphatic heterocycles. The summed E-state index contributed by atoms with van der Waals surface area (Å²) >= 11 is 0. The van der Waals surface area contributed by atoms with Gasteiger partial charge in [0.15, 0.2) is 0 Å². The van der Waals surface area contributed by atoms with E-state index in [9.17, 15) is 36.1 Å². The van der Waals surface area contributed by atoms with Crippen molar-refractivity contribution in [1.29, 1.82) is 0 Å². The van der Waals surface area contributed by atoms with Crippen molar-refractivity contribution in [1.82, 2.24) is 4.31 Å². The predicted molar refractivity (Wildman–Crippen MR) is 118 cm³/mol. The van der Waals surface area contributed by atoms with Crippen LogP contribution in [0.3, 0.4) is 0 Å². The van der Waals surface area contributed by atoms with Gasteiger partial charge in [-0.1, -0.05) is 0 Å². The van der Waals surface area contributed by atoms with Gasteiger partial charge in [-0.05, 0) is 25.1 Å². The number of anilines is 1. The molecule has 2 aromatic rings. The third-order valence-corrected chi connectivity index (χ3v) is 6.83. The normalized spacial score (nSPS) is 15.2. The Balaban J connectivity index is 1.98. The lowest BCUT2D eigenvalue weighted by molar-refractivity contribution is -0.385. The molecule has 196 valence electrons. The summed E-state index contributed by atoms with van der Waals surface area (Å²) in [6, 6.07) is 6.13. The number of non-ortho nitro benzene ring substituents is 1. The fraction of sp³-hybridized carbons (Fsp3) is 0.350. The van der Waals surface area contributed by atoms with Crippen LogP contribution < -0.4 is 14.9 Å². The highest BCUT2D eigenvalue weighted by Crippen LogP contribution is 2.31. The molecule has 0 spiro atoms. The minimum atomic E-state index is -4.20. The lowest BCUT2D eigenvalue weighted by Crippen LogP contribution is -2.40. The number of benzene rings is 2. The third-order valence-electron chi connectivity index (χ3n) is 4.89. The molecule has 11 nitrogen and oxygen atoms in total. The number of ether oxygens (including phenoxy) is 3. The Labute approximate surface area is 202 Å². The van der Waals surface area contributed by atoms with Crippen LogP contribution in [0, 0.1) is 10.1 Å². The van der Waals surface area contributed by atoms with Crippen LogP contribution in [0.25, 0.3) is 0 Å². The van der Waals surface area contributed by atoms with Gasteiger partial charge in [0.2, 0.25) is 10.0 Å². The standard InChI is InChI=1S/C20H20F4N4O7S/c1-12(15-4-3-14(34-19(21)22)11-17(15)35-20(23)24)25-26-16-5-2-13(28(29)30)10-18(16)36(31,32)27-6-8-33-9-7-27/h2-5,10-11,19-20,26H,6-9H2,1H3. The van der Waals surface area contributed by atoms with E-state index >= 15 is 0 Å². The van der Waals surface area contributed by atoms with Crippen molar-refractivity contribution in [2.75, 3.05) is 31.7 Å². The highest BCUT2D eigenvalue weighted by atomic mass is 32.2. The smallest absolute Gasteiger partial charge is 0.387 e. The second-order valence-electron chi connectivity index (χ2n) is 7.18. The first-order chi connectivity index (χ1) is 17.0. The van der Waals surface area contributed by atoms with E-state index in [2.05, 4.69) is 20.0 Å². The first-order valence-corrected chi connectivity index (χ1v) is 11.6. The molecule has 1 fully saturated rings. The zero-order chi connectivity index (χ0) is 26.5. The molecule has 0 bridgehead atoms. The van der Waals surface area contributed by atoms with Gasteiger partial charge in [0.1, 0.15) is 16.4 Å². The summed E-state index contributed by atoms with van der Waals surface area (Å²) in [6.07, 6.45) is 0. The van der Waals surface area contributed by atoms with Crippen LogP contribution in [0.2, 0.25) is 0 Å². The van der Waals surface area contributed by atoms with Crippen molar-refractivity contribution in [2.45, 2.75) is 25.0 Å². The van der Waals surface area contributed by atoms with E-state index in [1.165, 1.54) is 6.92 Å². The predicted octanol–water partition coefficient (Wildman–Crippen LogP) is 3.65. The van der Waals surface area contributed by atoms with Crippen molar-refractivity contribution in [3.63, 3.8) is 0 Å². The minimum absolute atomic E-state index is 0.00215. The van der Waals surface area contributed by atoms with E-state index in [1.807, 2.05) is 0 Å². The molecular weight excluding hydrogens is 516 g/mol. The molecule has 0 unspecified atom stereocenters. The largest absolute Gasteiger partial charge is 0.435 e. The van der Waals surface area contributed by atoms with Crippen LogP contribution in [-0.2, 0) is 14.8 Å². The number of morpholine rings is 1. The first kappa shape index (κ1) is 27.1. The quantitative estimate of drug-likeness (QED) is 0.211. The van der Waals surface area contributed by atoms with Gasteiger partial charge in [-0.3, -0.25) is 15.5 Å². The number of halogens is 4. The van der Waals surface area contributed by atoms with E-state index in [0.29, 0.717) is 0 Å². The molecule has 0 saturated carbocycles. The summed E-state index contributed by atoms with van der Waals surface area (Å²) in [7, 11) is -4.20. The van der Waals surface area contributed by atoms with Gasteiger partial charge >= 0.3 is 13.2 Å². The second-order valence-corrected chi connectivity index (χ2v) is 9.08. The van der Waals surface area contributed by atoms with Crippen molar-refractivity contribution in [2.24, 2.45) is 5.10 Å². The summed E-state index contributed by atoms with van der Waals surface area (Å²) in [6.45, 7) is -4.76. The Bertz CT molecular complexity index is 1240. The number of hydrogen-bond donors (Lipinski definition) is 1. The van der Waals surface area contributed by atoms with Crippen LogP contribution >= 0.6 is 0 Å². The van der Waals surface area contributed by atoms with Gasteiger partial charge in [-0.2, -0.15) is 27.0 Å². The molecule has 36 heavy (non-hydrogen) atoms. The maximum Gasteiger partial charge on any atom is 0.387 e. The molecule has 3 rings (SSSR count). The van der Waals surface area contributed by atoms with Crippen LogP contribution in [0.4, 0.5) is 28.9 Å². The summed E-state index contributed by atoms with van der Waals surface area (Å²) in [5, 5.41) is 15.2. The number of nitro groups is 1. The highest BCUT2D eigenvalue weighted by molar-refractivity contribution is 7.89. The van der Waals surface area contributed by atoms with Crippen LogP contribution in [0.1, 0.15) is 12.5 Å².